The maximum absolute atomic E-state index is 13.8. The maximum Gasteiger partial charge on any atom is 0.167 e. The number of hydrogen-bond donors (Lipinski definition) is 1. The van der Waals surface area contributed by atoms with E-state index in [1.807, 2.05) is 6.92 Å². The van der Waals surface area contributed by atoms with Crippen LogP contribution in [0.3, 0.4) is 0 Å². The van der Waals surface area contributed by atoms with E-state index in [1.54, 1.807) is 6.07 Å². The van der Waals surface area contributed by atoms with Crippen LogP contribution in [0.15, 0.2) is 12.1 Å². The summed E-state index contributed by atoms with van der Waals surface area (Å²) >= 11 is 0. The van der Waals surface area contributed by atoms with Crippen LogP contribution in [0.5, 0.6) is 5.75 Å². The van der Waals surface area contributed by atoms with E-state index in [2.05, 4.69) is 4.98 Å². The second kappa shape index (κ2) is 4.66. The molecule has 19 heavy (non-hydrogen) atoms. The van der Waals surface area contributed by atoms with Crippen LogP contribution in [0.2, 0.25) is 0 Å². The monoisotopic (exact) mass is 262 g/mol. The van der Waals surface area contributed by atoms with Crippen molar-refractivity contribution in [3.63, 3.8) is 0 Å². The molecule has 2 heterocycles. The Morgan fingerprint density at radius 3 is 3.11 bits per heavy atom. The van der Waals surface area contributed by atoms with Gasteiger partial charge in [0.25, 0.3) is 0 Å². The van der Waals surface area contributed by atoms with Gasteiger partial charge >= 0.3 is 0 Å². The average molecular weight is 262 g/mol. The van der Waals surface area contributed by atoms with Gasteiger partial charge in [-0.1, -0.05) is 0 Å². The molecule has 2 aromatic rings. The minimum Gasteiger partial charge on any atom is -0.491 e. The summed E-state index contributed by atoms with van der Waals surface area (Å²) in [5, 5.41) is 0.717. The lowest BCUT2D eigenvalue weighted by atomic mass is 10.0. The molecule has 5 heteroatoms. The van der Waals surface area contributed by atoms with Crippen LogP contribution in [0, 0.1) is 5.82 Å². The molecule has 1 aliphatic heterocycles. The maximum atomic E-state index is 13.8. The third kappa shape index (κ3) is 2.00. The standard InChI is InChI=1S/C14H15FN2O2/c1-2-19-13-5-8-12(6-10(13)15)17-11-3-4-18-7-9(11)14(8)16/h5-6H,2-4,7H2,1H3,(H2,16,17). The molecule has 0 fully saturated rings. The van der Waals surface area contributed by atoms with Crippen molar-refractivity contribution in [2.24, 2.45) is 0 Å². The highest BCUT2D eigenvalue weighted by molar-refractivity contribution is 5.93. The van der Waals surface area contributed by atoms with Gasteiger partial charge in [-0.25, -0.2) is 4.39 Å². The molecule has 100 valence electrons. The molecule has 0 bridgehead atoms. The van der Waals surface area contributed by atoms with Gasteiger partial charge in [0.15, 0.2) is 11.6 Å². The van der Waals surface area contributed by atoms with Crippen LogP contribution < -0.4 is 10.5 Å². The van der Waals surface area contributed by atoms with Crippen LogP contribution in [0.1, 0.15) is 18.2 Å². The Kier molecular flexibility index (Phi) is 2.98. The van der Waals surface area contributed by atoms with Crippen LogP contribution in [0.4, 0.5) is 10.1 Å². The van der Waals surface area contributed by atoms with E-state index in [-0.39, 0.29) is 5.75 Å². The van der Waals surface area contributed by atoms with Crippen LogP contribution in [-0.2, 0) is 17.8 Å². The SMILES string of the molecule is CCOc1cc2c(N)c3c(nc2cc1F)CCOC3. The van der Waals surface area contributed by atoms with Gasteiger partial charge in [0.2, 0.25) is 0 Å². The van der Waals surface area contributed by atoms with Gasteiger partial charge in [0.1, 0.15) is 0 Å². The molecule has 0 amide bonds. The molecule has 0 radical (unpaired) electrons. The lowest BCUT2D eigenvalue weighted by molar-refractivity contribution is 0.110. The number of halogens is 1. The van der Waals surface area contributed by atoms with Crippen molar-refractivity contribution >= 4 is 16.6 Å². The topological polar surface area (TPSA) is 57.4 Å². The largest absolute Gasteiger partial charge is 0.491 e. The molecular weight excluding hydrogens is 247 g/mol. The Morgan fingerprint density at radius 1 is 1.47 bits per heavy atom. The summed E-state index contributed by atoms with van der Waals surface area (Å²) < 4.78 is 24.5. The van der Waals surface area contributed by atoms with Crippen molar-refractivity contribution in [1.82, 2.24) is 4.98 Å². The van der Waals surface area contributed by atoms with Crippen molar-refractivity contribution in [1.29, 1.82) is 0 Å². The molecule has 0 unspecified atom stereocenters. The fourth-order valence-electron chi connectivity index (χ4n) is 2.36. The number of nitrogens with zero attached hydrogens (tertiary/aromatic N) is 1. The first kappa shape index (κ1) is 12.2. The second-order valence-corrected chi connectivity index (χ2v) is 4.49. The molecule has 3 rings (SSSR count). The van der Waals surface area contributed by atoms with Crippen LogP contribution >= 0.6 is 0 Å². The minimum absolute atomic E-state index is 0.208. The highest BCUT2D eigenvalue weighted by Gasteiger charge is 2.18. The minimum atomic E-state index is -0.409. The zero-order chi connectivity index (χ0) is 13.4. The molecule has 0 aliphatic carbocycles. The van der Waals surface area contributed by atoms with E-state index in [4.69, 9.17) is 15.2 Å². The van der Waals surface area contributed by atoms with Gasteiger partial charge in [0.05, 0.1) is 31.0 Å². The Bertz CT molecular complexity index is 643. The Labute approximate surface area is 110 Å². The van der Waals surface area contributed by atoms with Gasteiger partial charge in [-0.3, -0.25) is 4.98 Å². The molecule has 2 N–H and O–H groups in total. The molecular formula is C14H15FN2O2. The van der Waals surface area contributed by atoms with Gasteiger partial charge in [-0.15, -0.1) is 0 Å². The highest BCUT2D eigenvalue weighted by Crippen LogP contribution is 2.32. The average Bonchev–Trinajstić information content (AvgIpc) is 2.41. The Hall–Kier alpha value is -1.88. The van der Waals surface area contributed by atoms with E-state index in [0.29, 0.717) is 42.8 Å². The van der Waals surface area contributed by atoms with Crippen molar-refractivity contribution in [2.45, 2.75) is 20.0 Å². The van der Waals surface area contributed by atoms with E-state index < -0.39 is 5.82 Å². The fourth-order valence-corrected chi connectivity index (χ4v) is 2.36. The van der Waals surface area contributed by atoms with Crippen LogP contribution in [0.25, 0.3) is 10.9 Å². The zero-order valence-corrected chi connectivity index (χ0v) is 10.7. The summed E-state index contributed by atoms with van der Waals surface area (Å²) in [7, 11) is 0. The molecule has 1 aromatic carbocycles. The van der Waals surface area contributed by atoms with Crippen molar-refractivity contribution in [3.05, 3.63) is 29.2 Å². The quantitative estimate of drug-likeness (QED) is 0.903. The molecule has 1 aromatic heterocycles. The lowest BCUT2D eigenvalue weighted by Crippen LogP contribution is -2.14. The summed E-state index contributed by atoms with van der Waals surface area (Å²) in [6, 6.07) is 3.00. The number of ether oxygens (including phenoxy) is 2. The summed E-state index contributed by atoms with van der Waals surface area (Å²) in [5.74, 6) is -0.201. The molecule has 0 atom stereocenters. The van der Waals surface area contributed by atoms with Gasteiger partial charge in [0, 0.05) is 29.1 Å². The predicted octanol–water partition coefficient (Wildman–Crippen LogP) is 2.43. The normalized spacial score (nSPS) is 14.4. The first-order chi connectivity index (χ1) is 9.20. The number of rotatable bonds is 2. The van der Waals surface area contributed by atoms with E-state index in [1.165, 1.54) is 6.07 Å². The number of nitrogens with two attached hydrogens (primary N) is 1. The second-order valence-electron chi connectivity index (χ2n) is 4.49. The predicted molar refractivity (Wildman–Crippen MR) is 70.6 cm³/mol. The fraction of sp³-hybridized carbons (Fsp3) is 0.357. The van der Waals surface area contributed by atoms with E-state index in [0.717, 1.165) is 11.3 Å². The number of aromatic nitrogens is 1. The van der Waals surface area contributed by atoms with Crippen molar-refractivity contribution < 1.29 is 13.9 Å². The number of pyridine rings is 1. The van der Waals surface area contributed by atoms with Crippen molar-refractivity contribution in [2.75, 3.05) is 18.9 Å². The first-order valence-corrected chi connectivity index (χ1v) is 6.31. The number of benzene rings is 1. The summed E-state index contributed by atoms with van der Waals surface area (Å²) in [6.45, 7) is 3.31. The third-order valence-corrected chi connectivity index (χ3v) is 3.30. The highest BCUT2D eigenvalue weighted by atomic mass is 19.1. The van der Waals surface area contributed by atoms with Crippen molar-refractivity contribution in [3.8, 4) is 5.75 Å². The summed E-state index contributed by atoms with van der Waals surface area (Å²) in [6.07, 6.45) is 0.713. The summed E-state index contributed by atoms with van der Waals surface area (Å²) in [4.78, 5) is 4.48. The van der Waals surface area contributed by atoms with Crippen LogP contribution in [-0.4, -0.2) is 18.2 Å². The Balaban J connectivity index is 2.24. The molecule has 0 saturated carbocycles. The number of fused-ring (bicyclic) bond motifs is 2. The smallest absolute Gasteiger partial charge is 0.167 e. The summed E-state index contributed by atoms with van der Waals surface area (Å²) in [5.41, 5.74) is 9.15. The number of anilines is 1. The molecule has 4 nitrogen and oxygen atoms in total. The number of nitrogen functional groups attached to an aromatic ring is 1. The lowest BCUT2D eigenvalue weighted by Gasteiger charge is -2.19. The third-order valence-electron chi connectivity index (χ3n) is 3.30. The van der Waals surface area contributed by atoms with E-state index in [9.17, 15) is 4.39 Å². The van der Waals surface area contributed by atoms with E-state index >= 15 is 0 Å². The van der Waals surface area contributed by atoms with Gasteiger partial charge in [-0.05, 0) is 13.0 Å². The first-order valence-electron chi connectivity index (χ1n) is 6.31. The van der Waals surface area contributed by atoms with Gasteiger partial charge < -0.3 is 15.2 Å². The molecule has 0 spiro atoms. The van der Waals surface area contributed by atoms with Gasteiger partial charge in [-0.2, -0.15) is 0 Å². The molecule has 1 aliphatic rings. The number of hydrogen-bond acceptors (Lipinski definition) is 4. The zero-order valence-electron chi connectivity index (χ0n) is 10.7. The molecule has 0 saturated heterocycles. The Morgan fingerprint density at radius 2 is 2.32 bits per heavy atom.